The lowest BCUT2D eigenvalue weighted by molar-refractivity contribution is 0.440. The van der Waals surface area contributed by atoms with Gasteiger partial charge in [-0.15, -0.1) is 0 Å². The Morgan fingerprint density at radius 3 is 2.48 bits per heavy atom. The zero-order chi connectivity index (χ0) is 16.4. The van der Waals surface area contributed by atoms with Crippen LogP contribution in [0.15, 0.2) is 70.0 Å². The summed E-state index contributed by atoms with van der Waals surface area (Å²) in [5, 5.41) is 0. The van der Waals surface area contributed by atoms with Gasteiger partial charge in [-0.3, -0.25) is 0 Å². The van der Waals surface area contributed by atoms with Crippen LogP contribution < -0.4 is 4.90 Å². The fourth-order valence-electron chi connectivity index (χ4n) is 3.20. The highest BCUT2D eigenvalue weighted by Crippen LogP contribution is 2.42. The van der Waals surface area contributed by atoms with Crippen LogP contribution in [-0.2, 0) is 0 Å². The number of fused-ring (bicyclic) bond motifs is 1. The van der Waals surface area contributed by atoms with Gasteiger partial charge < -0.3 is 4.90 Å². The average Bonchev–Trinajstić information content (AvgIpc) is 2.50. The number of halogens is 1. The zero-order valence-corrected chi connectivity index (χ0v) is 15.7. The maximum absolute atomic E-state index is 3.51. The second-order valence-corrected chi connectivity index (χ2v) is 7.80. The SMILES string of the molecule is C/C(Br)=C\C=C(/C)N(C1=CCC2CCC2=C1)c1ccc(C)cc1. The molecule has 0 radical (unpaired) electrons. The van der Waals surface area contributed by atoms with E-state index in [4.69, 9.17) is 0 Å². The van der Waals surface area contributed by atoms with E-state index in [9.17, 15) is 0 Å². The quantitative estimate of drug-likeness (QED) is 0.538. The van der Waals surface area contributed by atoms with Gasteiger partial charge in [-0.25, -0.2) is 0 Å². The number of rotatable bonds is 4. The Bertz CT molecular complexity index is 700. The summed E-state index contributed by atoms with van der Waals surface area (Å²) in [4.78, 5) is 2.37. The fraction of sp³-hybridized carbons (Fsp3) is 0.333. The highest BCUT2D eigenvalue weighted by Gasteiger charge is 2.27. The van der Waals surface area contributed by atoms with Gasteiger partial charge in [0.2, 0.25) is 0 Å². The van der Waals surface area contributed by atoms with Gasteiger partial charge in [0.25, 0.3) is 0 Å². The maximum Gasteiger partial charge on any atom is 0.0458 e. The second kappa shape index (κ2) is 6.92. The summed E-state index contributed by atoms with van der Waals surface area (Å²) in [6.45, 7) is 6.37. The molecule has 1 unspecified atom stereocenters. The average molecular weight is 370 g/mol. The number of nitrogens with zero attached hydrogens (tertiary/aromatic N) is 1. The fourth-order valence-corrected chi connectivity index (χ4v) is 3.33. The number of aryl methyl sites for hydroxylation is 1. The lowest BCUT2D eigenvalue weighted by atomic mass is 9.74. The molecule has 2 aliphatic carbocycles. The van der Waals surface area contributed by atoms with Crippen LogP contribution in [0.1, 0.15) is 38.7 Å². The number of allylic oxidation sites excluding steroid dienone is 7. The Hall–Kier alpha value is -1.54. The highest BCUT2D eigenvalue weighted by atomic mass is 79.9. The van der Waals surface area contributed by atoms with Gasteiger partial charge >= 0.3 is 0 Å². The summed E-state index contributed by atoms with van der Waals surface area (Å²) >= 11 is 3.51. The number of hydrogen-bond donors (Lipinski definition) is 0. The smallest absolute Gasteiger partial charge is 0.0458 e. The first-order valence-electron chi connectivity index (χ1n) is 8.32. The standard InChI is InChI=1S/C21H24BrN/c1-15-4-11-20(12-5-15)23(17(3)7-6-16(2)22)21-13-10-18-8-9-19(18)14-21/h4-7,11-14,18H,8-10H2,1-3H3/b16-6+,17-7+. The molecule has 1 nitrogen and oxygen atoms in total. The summed E-state index contributed by atoms with van der Waals surface area (Å²) in [6, 6.07) is 8.79. The van der Waals surface area contributed by atoms with Gasteiger partial charge in [0.1, 0.15) is 0 Å². The molecule has 1 aromatic rings. The third kappa shape index (κ3) is 3.69. The Labute approximate surface area is 148 Å². The first kappa shape index (κ1) is 16.3. The van der Waals surface area contributed by atoms with Crippen LogP contribution in [0.3, 0.4) is 0 Å². The van der Waals surface area contributed by atoms with E-state index in [0.717, 1.165) is 10.4 Å². The van der Waals surface area contributed by atoms with Gasteiger partial charge in [0.05, 0.1) is 0 Å². The van der Waals surface area contributed by atoms with E-state index in [-0.39, 0.29) is 0 Å². The van der Waals surface area contributed by atoms with Crippen molar-refractivity contribution in [2.24, 2.45) is 5.92 Å². The molecule has 1 aromatic carbocycles. The lowest BCUT2D eigenvalue weighted by Crippen LogP contribution is -2.25. The van der Waals surface area contributed by atoms with E-state index in [2.05, 4.69) is 90.2 Å². The van der Waals surface area contributed by atoms with E-state index >= 15 is 0 Å². The van der Waals surface area contributed by atoms with Crippen LogP contribution in [0.5, 0.6) is 0 Å². The third-order valence-electron chi connectivity index (χ3n) is 4.71. The van der Waals surface area contributed by atoms with Crippen LogP contribution in [0.2, 0.25) is 0 Å². The minimum atomic E-state index is 0.813. The molecule has 0 aromatic heterocycles. The van der Waals surface area contributed by atoms with Gasteiger partial charge in [-0.2, -0.15) is 0 Å². The molecule has 1 fully saturated rings. The molecule has 23 heavy (non-hydrogen) atoms. The van der Waals surface area contributed by atoms with Crippen LogP contribution in [-0.4, -0.2) is 0 Å². The van der Waals surface area contributed by atoms with Crippen LogP contribution in [0.25, 0.3) is 0 Å². The number of anilines is 1. The van der Waals surface area contributed by atoms with Gasteiger partial charge in [-0.05, 0) is 74.7 Å². The van der Waals surface area contributed by atoms with Crippen LogP contribution >= 0.6 is 15.9 Å². The second-order valence-electron chi connectivity index (χ2n) is 6.55. The largest absolute Gasteiger partial charge is 0.315 e. The molecule has 0 bridgehead atoms. The third-order valence-corrected chi connectivity index (χ3v) is 4.97. The van der Waals surface area contributed by atoms with Crippen molar-refractivity contribution in [3.05, 3.63) is 75.6 Å². The van der Waals surface area contributed by atoms with Crippen molar-refractivity contribution in [1.82, 2.24) is 0 Å². The summed E-state index contributed by atoms with van der Waals surface area (Å²) in [7, 11) is 0. The zero-order valence-electron chi connectivity index (χ0n) is 14.1. The predicted molar refractivity (Wildman–Crippen MR) is 104 cm³/mol. The summed E-state index contributed by atoms with van der Waals surface area (Å²) < 4.78 is 1.13. The molecule has 0 amide bonds. The summed E-state index contributed by atoms with van der Waals surface area (Å²) in [6.07, 6.45) is 12.9. The molecule has 0 aliphatic heterocycles. The van der Waals surface area contributed by atoms with Crippen molar-refractivity contribution in [3.63, 3.8) is 0 Å². The molecule has 1 atom stereocenters. The van der Waals surface area contributed by atoms with Gasteiger partial charge in [0, 0.05) is 17.1 Å². The monoisotopic (exact) mass is 369 g/mol. The van der Waals surface area contributed by atoms with Crippen LogP contribution in [0.4, 0.5) is 5.69 Å². The van der Waals surface area contributed by atoms with Gasteiger partial charge in [-0.1, -0.05) is 51.4 Å². The Balaban J connectivity index is 1.98. The van der Waals surface area contributed by atoms with Gasteiger partial charge in [0.15, 0.2) is 0 Å². The predicted octanol–water partition coefficient (Wildman–Crippen LogP) is 6.63. The van der Waals surface area contributed by atoms with Crippen LogP contribution in [0, 0.1) is 12.8 Å². The summed E-state index contributed by atoms with van der Waals surface area (Å²) in [5.74, 6) is 0.813. The molecule has 120 valence electrons. The van der Waals surface area contributed by atoms with Crippen molar-refractivity contribution in [3.8, 4) is 0 Å². The Morgan fingerprint density at radius 1 is 1.17 bits per heavy atom. The van der Waals surface area contributed by atoms with Crippen molar-refractivity contribution in [2.75, 3.05) is 4.90 Å². The first-order valence-corrected chi connectivity index (χ1v) is 9.12. The molecule has 0 spiro atoms. The molecule has 3 rings (SSSR count). The van der Waals surface area contributed by atoms with E-state index in [1.54, 1.807) is 5.57 Å². The Kier molecular flexibility index (Phi) is 4.91. The highest BCUT2D eigenvalue weighted by molar-refractivity contribution is 9.11. The molecular formula is C21H24BrN. The lowest BCUT2D eigenvalue weighted by Gasteiger charge is -2.36. The normalized spacial score (nSPS) is 21.1. The van der Waals surface area contributed by atoms with E-state index < -0.39 is 0 Å². The van der Waals surface area contributed by atoms with Crippen molar-refractivity contribution in [2.45, 2.75) is 40.0 Å². The van der Waals surface area contributed by atoms with E-state index in [1.807, 2.05) is 0 Å². The minimum absolute atomic E-state index is 0.813. The molecule has 0 N–H and O–H groups in total. The van der Waals surface area contributed by atoms with Crippen molar-refractivity contribution < 1.29 is 0 Å². The Morgan fingerprint density at radius 2 is 1.91 bits per heavy atom. The molecule has 2 heteroatoms. The van der Waals surface area contributed by atoms with E-state index in [1.165, 1.54) is 41.9 Å². The number of hydrogen-bond acceptors (Lipinski definition) is 1. The number of benzene rings is 1. The molecule has 1 saturated carbocycles. The molecule has 0 heterocycles. The maximum atomic E-state index is 3.51. The van der Waals surface area contributed by atoms with Crippen molar-refractivity contribution >= 4 is 21.6 Å². The summed E-state index contributed by atoms with van der Waals surface area (Å²) in [5.41, 5.74) is 6.69. The minimum Gasteiger partial charge on any atom is -0.315 e. The topological polar surface area (TPSA) is 3.24 Å². The van der Waals surface area contributed by atoms with Crippen molar-refractivity contribution in [1.29, 1.82) is 0 Å². The first-order chi connectivity index (χ1) is 11.0. The van der Waals surface area contributed by atoms with E-state index in [0.29, 0.717) is 0 Å². The molecular weight excluding hydrogens is 346 g/mol. The molecule has 2 aliphatic rings. The molecule has 0 saturated heterocycles.